The smallest absolute Gasteiger partial charge is 0.265 e. The van der Waals surface area contributed by atoms with Crippen molar-refractivity contribution in [3.05, 3.63) is 71.5 Å². The summed E-state index contributed by atoms with van der Waals surface area (Å²) in [5, 5.41) is 9.18. The van der Waals surface area contributed by atoms with Gasteiger partial charge in [0.1, 0.15) is 11.5 Å². The first-order valence-corrected chi connectivity index (χ1v) is 8.48. The summed E-state index contributed by atoms with van der Waals surface area (Å²) in [5.41, 5.74) is 1.92. The van der Waals surface area contributed by atoms with Crippen LogP contribution >= 0.6 is 0 Å². The van der Waals surface area contributed by atoms with E-state index in [1.54, 1.807) is 37.3 Å². The van der Waals surface area contributed by atoms with E-state index in [0.29, 0.717) is 29.2 Å². The molecule has 0 saturated carbocycles. The minimum atomic E-state index is -0.585. The van der Waals surface area contributed by atoms with Crippen molar-refractivity contribution in [2.45, 2.75) is 19.4 Å². The van der Waals surface area contributed by atoms with Gasteiger partial charge < -0.3 is 19.9 Å². The van der Waals surface area contributed by atoms with Crippen LogP contribution in [0.1, 0.15) is 21.7 Å². The molecule has 136 valence electrons. The molecule has 0 saturated heterocycles. The van der Waals surface area contributed by atoms with E-state index in [1.807, 2.05) is 24.3 Å². The minimum Gasteiger partial charge on any atom is -0.480 e. The van der Waals surface area contributed by atoms with Crippen LogP contribution in [0.2, 0.25) is 0 Å². The van der Waals surface area contributed by atoms with Gasteiger partial charge in [0.15, 0.2) is 11.9 Å². The summed E-state index contributed by atoms with van der Waals surface area (Å²) in [4.78, 5) is 24.8. The molecular formula is C20H17N3O4. The quantitative estimate of drug-likeness (QED) is 0.743. The maximum absolute atomic E-state index is 12.5. The number of carbonyl (C=O) groups excluding carboxylic acids is 2. The fraction of sp³-hybridized carbons (Fsp3) is 0.150. The molecule has 1 aliphatic rings. The number of para-hydroxylation sites is 1. The highest BCUT2D eigenvalue weighted by atomic mass is 16.5. The second-order valence-electron chi connectivity index (χ2n) is 6.27. The molecule has 3 aromatic rings. The van der Waals surface area contributed by atoms with Crippen molar-refractivity contribution in [1.29, 1.82) is 0 Å². The van der Waals surface area contributed by atoms with Gasteiger partial charge >= 0.3 is 0 Å². The molecule has 0 radical (unpaired) electrons. The lowest BCUT2D eigenvalue weighted by molar-refractivity contribution is -0.122. The van der Waals surface area contributed by atoms with Gasteiger partial charge in [0.2, 0.25) is 0 Å². The van der Waals surface area contributed by atoms with Crippen molar-refractivity contribution in [1.82, 2.24) is 5.16 Å². The number of hydrogen-bond acceptors (Lipinski definition) is 5. The number of benzene rings is 2. The van der Waals surface area contributed by atoms with Crippen molar-refractivity contribution >= 4 is 23.3 Å². The van der Waals surface area contributed by atoms with E-state index in [-0.39, 0.29) is 11.8 Å². The van der Waals surface area contributed by atoms with Gasteiger partial charge in [-0.3, -0.25) is 9.59 Å². The summed E-state index contributed by atoms with van der Waals surface area (Å²) < 4.78 is 10.6. The summed E-state index contributed by atoms with van der Waals surface area (Å²) >= 11 is 0. The van der Waals surface area contributed by atoms with Crippen molar-refractivity contribution in [3.63, 3.8) is 0 Å². The third-order valence-corrected chi connectivity index (χ3v) is 4.20. The summed E-state index contributed by atoms with van der Waals surface area (Å²) in [6.45, 7) is 1.74. The van der Waals surface area contributed by atoms with Crippen molar-refractivity contribution in [3.8, 4) is 5.75 Å². The lowest BCUT2D eigenvalue weighted by Crippen LogP contribution is -2.31. The van der Waals surface area contributed by atoms with Gasteiger partial charge in [-0.2, -0.15) is 0 Å². The highest BCUT2D eigenvalue weighted by Crippen LogP contribution is 2.28. The number of ether oxygens (including phenoxy) is 1. The second kappa shape index (κ2) is 6.95. The molecule has 1 atom stereocenters. The molecule has 2 N–H and O–H groups in total. The lowest BCUT2D eigenvalue weighted by atomic mass is 10.1. The molecule has 2 amide bonds. The van der Waals surface area contributed by atoms with Gasteiger partial charge in [-0.15, -0.1) is 0 Å². The Kier molecular flexibility index (Phi) is 4.33. The molecule has 7 nitrogen and oxygen atoms in total. The van der Waals surface area contributed by atoms with Gasteiger partial charge in [0.25, 0.3) is 11.8 Å². The zero-order chi connectivity index (χ0) is 18.8. The number of anilines is 2. The van der Waals surface area contributed by atoms with Gasteiger partial charge in [-0.25, -0.2) is 0 Å². The van der Waals surface area contributed by atoms with E-state index in [2.05, 4.69) is 15.8 Å². The molecule has 2 heterocycles. The molecule has 4 rings (SSSR count). The summed E-state index contributed by atoms with van der Waals surface area (Å²) in [6.07, 6.45) is -0.0637. The Balaban J connectivity index is 1.42. The van der Waals surface area contributed by atoms with Crippen LogP contribution in [0, 0.1) is 6.92 Å². The highest BCUT2D eigenvalue weighted by molar-refractivity contribution is 6.05. The van der Waals surface area contributed by atoms with E-state index in [1.165, 1.54) is 0 Å². The Morgan fingerprint density at radius 1 is 1.07 bits per heavy atom. The van der Waals surface area contributed by atoms with Crippen LogP contribution in [0.15, 0.2) is 59.1 Å². The van der Waals surface area contributed by atoms with Crippen LogP contribution in [0.4, 0.5) is 11.5 Å². The molecule has 7 heteroatoms. The second-order valence-corrected chi connectivity index (χ2v) is 6.27. The van der Waals surface area contributed by atoms with E-state index in [9.17, 15) is 9.59 Å². The molecule has 0 bridgehead atoms. The first-order chi connectivity index (χ1) is 13.1. The number of nitrogens with zero attached hydrogens (tertiary/aromatic N) is 1. The SMILES string of the molecule is Cc1cc(NC(=O)c2cccc(NC(=O)[C@H]3Cc4ccccc4O3)c2)no1. The Morgan fingerprint density at radius 3 is 2.70 bits per heavy atom. The van der Waals surface area contributed by atoms with Gasteiger partial charge in [-0.1, -0.05) is 29.4 Å². The van der Waals surface area contributed by atoms with Gasteiger partial charge in [0.05, 0.1) is 0 Å². The molecule has 2 aromatic carbocycles. The van der Waals surface area contributed by atoms with Crippen LogP contribution in [0.3, 0.4) is 0 Å². The van der Waals surface area contributed by atoms with Crippen molar-refractivity contribution in [2.24, 2.45) is 0 Å². The molecule has 0 fully saturated rings. The average molecular weight is 363 g/mol. The van der Waals surface area contributed by atoms with Crippen molar-refractivity contribution < 1.29 is 18.8 Å². The molecule has 27 heavy (non-hydrogen) atoms. The zero-order valence-corrected chi connectivity index (χ0v) is 14.6. The number of amides is 2. The fourth-order valence-corrected chi connectivity index (χ4v) is 2.90. The van der Waals surface area contributed by atoms with E-state index in [4.69, 9.17) is 9.26 Å². The number of rotatable bonds is 4. The molecule has 1 aliphatic heterocycles. The Labute approximate surface area is 155 Å². The Hall–Kier alpha value is -3.61. The Bertz CT molecular complexity index is 987. The zero-order valence-electron chi connectivity index (χ0n) is 14.6. The van der Waals surface area contributed by atoms with Crippen LogP contribution in [0.25, 0.3) is 0 Å². The number of aryl methyl sites for hydroxylation is 1. The maximum Gasteiger partial charge on any atom is 0.265 e. The lowest BCUT2D eigenvalue weighted by Gasteiger charge is -2.12. The third-order valence-electron chi connectivity index (χ3n) is 4.20. The number of carbonyl (C=O) groups is 2. The van der Waals surface area contributed by atoms with E-state index < -0.39 is 6.10 Å². The van der Waals surface area contributed by atoms with E-state index in [0.717, 1.165) is 11.3 Å². The largest absolute Gasteiger partial charge is 0.480 e. The maximum atomic E-state index is 12.5. The van der Waals surface area contributed by atoms with Gasteiger partial charge in [-0.05, 0) is 36.8 Å². The average Bonchev–Trinajstić information content (AvgIpc) is 3.28. The standard InChI is InChI=1S/C20H17N3O4/c1-12-9-18(23-27-12)22-19(24)14-6-4-7-15(10-14)21-20(25)17-11-13-5-2-3-8-16(13)26-17/h2-10,17H,11H2,1H3,(H,21,25)(H,22,23,24)/t17-/m1/s1. The fourth-order valence-electron chi connectivity index (χ4n) is 2.90. The monoisotopic (exact) mass is 363 g/mol. The first kappa shape index (κ1) is 16.8. The number of aromatic nitrogens is 1. The Morgan fingerprint density at radius 2 is 1.93 bits per heavy atom. The highest BCUT2D eigenvalue weighted by Gasteiger charge is 2.28. The molecule has 0 unspecified atom stereocenters. The third kappa shape index (κ3) is 3.67. The number of nitrogens with one attached hydrogen (secondary N) is 2. The summed E-state index contributed by atoms with van der Waals surface area (Å²) in [5.74, 6) is 1.07. The predicted molar refractivity (Wildman–Crippen MR) is 98.8 cm³/mol. The van der Waals surface area contributed by atoms with Crippen LogP contribution in [-0.4, -0.2) is 23.1 Å². The van der Waals surface area contributed by atoms with Crippen LogP contribution < -0.4 is 15.4 Å². The van der Waals surface area contributed by atoms with Gasteiger partial charge in [0, 0.05) is 23.7 Å². The summed E-state index contributed by atoms with van der Waals surface area (Å²) in [7, 11) is 0. The molecule has 1 aromatic heterocycles. The van der Waals surface area contributed by atoms with E-state index >= 15 is 0 Å². The topological polar surface area (TPSA) is 93.5 Å². The number of hydrogen-bond donors (Lipinski definition) is 2. The normalized spacial score (nSPS) is 14.9. The summed E-state index contributed by atoms with van der Waals surface area (Å²) in [6, 6.07) is 15.9. The molecule has 0 spiro atoms. The number of fused-ring (bicyclic) bond motifs is 1. The predicted octanol–water partition coefficient (Wildman–Crippen LogP) is 3.18. The first-order valence-electron chi connectivity index (χ1n) is 8.48. The van der Waals surface area contributed by atoms with Crippen LogP contribution in [0.5, 0.6) is 5.75 Å². The molecule has 0 aliphatic carbocycles. The molecular weight excluding hydrogens is 346 g/mol. The van der Waals surface area contributed by atoms with Crippen LogP contribution in [-0.2, 0) is 11.2 Å². The van der Waals surface area contributed by atoms with Crippen molar-refractivity contribution in [2.75, 3.05) is 10.6 Å². The minimum absolute atomic E-state index is 0.254.